The fourth-order valence-electron chi connectivity index (χ4n) is 3.89. The highest BCUT2D eigenvalue weighted by molar-refractivity contribution is 5.88. The number of aryl methyl sites for hydroxylation is 2. The first-order chi connectivity index (χ1) is 15.2. The molecule has 0 saturated heterocycles. The summed E-state index contributed by atoms with van der Waals surface area (Å²) >= 11 is 0. The Labute approximate surface area is 185 Å². The van der Waals surface area contributed by atoms with Gasteiger partial charge in [0, 0.05) is 16.5 Å². The summed E-state index contributed by atoms with van der Waals surface area (Å²) in [6.45, 7) is 4.50. The van der Waals surface area contributed by atoms with Crippen molar-refractivity contribution >= 4 is 28.8 Å². The number of fused-ring (bicyclic) bond motifs is 3. The van der Waals surface area contributed by atoms with Gasteiger partial charge in [0.05, 0.1) is 18.6 Å². The lowest BCUT2D eigenvalue weighted by Gasteiger charge is -2.25. The zero-order valence-electron chi connectivity index (χ0n) is 18.4. The van der Waals surface area contributed by atoms with E-state index in [-0.39, 0.29) is 24.7 Å². The van der Waals surface area contributed by atoms with Gasteiger partial charge in [0.1, 0.15) is 11.3 Å². The number of carboxylic acid groups (broad SMARTS) is 1. The van der Waals surface area contributed by atoms with Gasteiger partial charge in [-0.2, -0.15) is 0 Å². The maximum Gasteiger partial charge on any atom is 0.339 e. The molecule has 0 fully saturated rings. The first-order valence-corrected chi connectivity index (χ1v) is 10.7. The quantitative estimate of drug-likeness (QED) is 0.534. The second-order valence-corrected chi connectivity index (χ2v) is 8.08. The summed E-state index contributed by atoms with van der Waals surface area (Å²) in [5, 5.41) is 16.8. The lowest BCUT2D eigenvalue weighted by atomic mass is 9.99. The zero-order chi connectivity index (χ0) is 23.4. The molecule has 2 N–H and O–H groups in total. The van der Waals surface area contributed by atoms with Gasteiger partial charge in [0.15, 0.2) is 6.61 Å². The van der Waals surface area contributed by atoms with Gasteiger partial charge in [-0.1, -0.05) is 20.3 Å². The number of amides is 2. The normalized spacial score (nSPS) is 14.5. The van der Waals surface area contributed by atoms with Gasteiger partial charge < -0.3 is 29.7 Å². The maximum absolute atomic E-state index is 12.2. The van der Waals surface area contributed by atoms with E-state index in [1.165, 1.54) is 0 Å². The third-order valence-corrected chi connectivity index (χ3v) is 5.93. The minimum atomic E-state index is -1.37. The van der Waals surface area contributed by atoms with E-state index in [1.807, 2.05) is 6.07 Å². The minimum absolute atomic E-state index is 0.305. The smallest absolute Gasteiger partial charge is 0.339 e. The molecule has 1 aromatic heterocycles. The molecular formula is C23H27N2O7-. The maximum atomic E-state index is 12.2. The number of hydrogen-bond acceptors (Lipinski definition) is 7. The largest absolute Gasteiger partial charge is 0.548 e. The predicted octanol–water partition coefficient (Wildman–Crippen LogP) is 0.366. The van der Waals surface area contributed by atoms with Crippen LogP contribution in [-0.4, -0.2) is 37.0 Å². The number of aliphatic carboxylic acids is 1. The number of nitrogens with one attached hydrogen (secondary N) is 2. The molecule has 32 heavy (non-hydrogen) atoms. The second kappa shape index (κ2) is 9.84. The molecule has 3 rings (SSSR count). The van der Waals surface area contributed by atoms with Crippen molar-refractivity contribution in [3.8, 4) is 5.75 Å². The Balaban J connectivity index is 1.59. The molecule has 0 radical (unpaired) electrons. The van der Waals surface area contributed by atoms with Crippen LogP contribution in [0.2, 0.25) is 0 Å². The van der Waals surface area contributed by atoms with Crippen LogP contribution in [-0.2, 0) is 27.2 Å². The molecule has 9 nitrogen and oxygen atoms in total. The Kier molecular flexibility index (Phi) is 7.17. The fourth-order valence-corrected chi connectivity index (χ4v) is 3.89. The van der Waals surface area contributed by atoms with Crippen LogP contribution in [0.15, 0.2) is 21.3 Å². The number of rotatable bonds is 9. The topological polar surface area (TPSA) is 138 Å². The first kappa shape index (κ1) is 23.3. The summed E-state index contributed by atoms with van der Waals surface area (Å²) in [5.41, 5.74) is 2.48. The molecule has 0 saturated carbocycles. The van der Waals surface area contributed by atoms with Crippen molar-refractivity contribution in [2.75, 3.05) is 13.2 Å². The van der Waals surface area contributed by atoms with Crippen LogP contribution in [0.25, 0.3) is 11.0 Å². The van der Waals surface area contributed by atoms with Gasteiger partial charge in [-0.05, 0) is 49.8 Å². The van der Waals surface area contributed by atoms with E-state index >= 15 is 0 Å². The minimum Gasteiger partial charge on any atom is -0.548 e. The molecule has 172 valence electrons. The van der Waals surface area contributed by atoms with Gasteiger partial charge in [0.25, 0.3) is 5.91 Å². The monoisotopic (exact) mass is 443 g/mol. The van der Waals surface area contributed by atoms with Crippen LogP contribution in [0.3, 0.4) is 0 Å². The summed E-state index contributed by atoms with van der Waals surface area (Å²) in [6, 6.07) is 2.43. The number of carboxylic acids is 1. The molecule has 2 amide bonds. The Morgan fingerprint density at radius 3 is 2.59 bits per heavy atom. The van der Waals surface area contributed by atoms with E-state index < -0.39 is 23.8 Å². The summed E-state index contributed by atoms with van der Waals surface area (Å²) in [5.74, 6) is -2.47. The number of carbonyl (C=O) groups excluding carboxylic acids is 3. The van der Waals surface area contributed by atoms with Gasteiger partial charge >= 0.3 is 5.63 Å². The molecule has 1 aliphatic rings. The van der Waals surface area contributed by atoms with Crippen LogP contribution in [0.4, 0.5) is 0 Å². The molecule has 2 atom stereocenters. The lowest BCUT2D eigenvalue weighted by molar-refractivity contribution is -0.309. The molecule has 0 unspecified atom stereocenters. The Bertz CT molecular complexity index is 1110. The Hall–Kier alpha value is -3.36. The highest BCUT2D eigenvalue weighted by Crippen LogP contribution is 2.32. The van der Waals surface area contributed by atoms with Crippen LogP contribution in [0.5, 0.6) is 5.75 Å². The van der Waals surface area contributed by atoms with Crippen molar-refractivity contribution in [2.24, 2.45) is 5.92 Å². The predicted molar refractivity (Wildman–Crippen MR) is 114 cm³/mol. The number of carbonyl (C=O) groups is 3. The van der Waals surface area contributed by atoms with Crippen LogP contribution < -0.4 is 26.1 Å². The molecular weight excluding hydrogens is 416 g/mol. The standard InChI is InChI=1S/C23H28N2O7/c1-4-12(2)20(22(28)29)25-18(26)10-24-19(27)11-31-17-9-8-15-14-6-5-7-16(14)23(30)32-21(15)13(17)3/h8-9,12,20H,4-7,10-11H2,1-3H3,(H,24,27)(H,25,26)(H,28,29)/p-1/t12-,20-/m0/s1. The highest BCUT2D eigenvalue weighted by Gasteiger charge is 2.22. The number of ether oxygens (including phenoxy) is 1. The molecule has 1 aromatic carbocycles. The molecule has 9 heteroatoms. The Morgan fingerprint density at radius 1 is 1.19 bits per heavy atom. The van der Waals surface area contributed by atoms with Gasteiger partial charge in [0.2, 0.25) is 5.91 Å². The fraction of sp³-hybridized carbons (Fsp3) is 0.478. The van der Waals surface area contributed by atoms with Crippen LogP contribution >= 0.6 is 0 Å². The first-order valence-electron chi connectivity index (χ1n) is 10.7. The summed E-state index contributed by atoms with van der Waals surface area (Å²) in [7, 11) is 0. The lowest BCUT2D eigenvalue weighted by Crippen LogP contribution is -2.53. The molecule has 2 aromatic rings. The Morgan fingerprint density at radius 2 is 1.91 bits per heavy atom. The van der Waals surface area contributed by atoms with Gasteiger partial charge in [-0.25, -0.2) is 4.79 Å². The SMILES string of the molecule is CC[C@H](C)[C@H](NC(=O)CNC(=O)COc1ccc2c3c(c(=O)oc2c1C)CCC3)C(=O)[O-]. The van der Waals surface area contributed by atoms with Crippen molar-refractivity contribution < 1.29 is 28.6 Å². The second-order valence-electron chi connectivity index (χ2n) is 8.08. The van der Waals surface area contributed by atoms with Crippen molar-refractivity contribution in [3.63, 3.8) is 0 Å². The molecule has 1 heterocycles. The summed E-state index contributed by atoms with van der Waals surface area (Å²) < 4.78 is 11.1. The average Bonchev–Trinajstić information content (AvgIpc) is 3.26. The van der Waals surface area contributed by atoms with Crippen LogP contribution in [0.1, 0.15) is 43.4 Å². The zero-order valence-corrected chi connectivity index (χ0v) is 18.4. The van der Waals surface area contributed by atoms with Crippen molar-refractivity contribution in [3.05, 3.63) is 39.2 Å². The van der Waals surface area contributed by atoms with Gasteiger partial charge in [-0.3, -0.25) is 9.59 Å². The van der Waals surface area contributed by atoms with Crippen molar-refractivity contribution in [1.29, 1.82) is 0 Å². The van der Waals surface area contributed by atoms with Crippen LogP contribution in [0, 0.1) is 12.8 Å². The number of benzene rings is 1. The highest BCUT2D eigenvalue weighted by atomic mass is 16.5. The van der Waals surface area contributed by atoms with Crippen molar-refractivity contribution in [2.45, 2.75) is 52.5 Å². The van der Waals surface area contributed by atoms with E-state index in [2.05, 4.69) is 10.6 Å². The molecule has 0 bridgehead atoms. The van der Waals surface area contributed by atoms with E-state index in [1.54, 1.807) is 26.8 Å². The van der Waals surface area contributed by atoms with E-state index in [0.717, 1.165) is 35.8 Å². The third-order valence-electron chi connectivity index (χ3n) is 5.93. The third kappa shape index (κ3) is 4.92. The number of hydrogen-bond donors (Lipinski definition) is 2. The molecule has 1 aliphatic carbocycles. The summed E-state index contributed by atoms with van der Waals surface area (Å²) in [6.07, 6.45) is 3.02. The van der Waals surface area contributed by atoms with E-state index in [4.69, 9.17) is 9.15 Å². The average molecular weight is 443 g/mol. The van der Waals surface area contributed by atoms with Crippen molar-refractivity contribution in [1.82, 2.24) is 10.6 Å². The van der Waals surface area contributed by atoms with Gasteiger partial charge in [-0.15, -0.1) is 0 Å². The summed E-state index contributed by atoms with van der Waals surface area (Å²) in [4.78, 5) is 47.5. The van der Waals surface area contributed by atoms with E-state index in [0.29, 0.717) is 23.3 Å². The van der Waals surface area contributed by atoms with E-state index in [9.17, 15) is 24.3 Å². The molecule has 0 spiro atoms. The molecule has 0 aliphatic heterocycles.